The molecule has 0 N–H and O–H groups in total. The van der Waals surface area contributed by atoms with Crippen molar-refractivity contribution in [1.82, 2.24) is 14.9 Å². The summed E-state index contributed by atoms with van der Waals surface area (Å²) in [5, 5.41) is 0. The Hall–Kier alpha value is -2.50. The number of benzene rings is 1. The van der Waals surface area contributed by atoms with Crippen LogP contribution < -0.4 is 4.90 Å². The number of hydrogen-bond acceptors (Lipinski definition) is 4. The summed E-state index contributed by atoms with van der Waals surface area (Å²) in [6, 6.07) is 7.86. The fourth-order valence-electron chi connectivity index (χ4n) is 2.50. The molecule has 1 aliphatic heterocycles. The van der Waals surface area contributed by atoms with Crippen LogP contribution in [0.2, 0.25) is 0 Å². The van der Waals surface area contributed by atoms with Gasteiger partial charge in [0, 0.05) is 38.6 Å². The second-order valence-electron chi connectivity index (χ2n) is 5.22. The van der Waals surface area contributed by atoms with E-state index in [9.17, 15) is 9.18 Å². The van der Waals surface area contributed by atoms with E-state index < -0.39 is 0 Å². The van der Waals surface area contributed by atoms with E-state index in [0.29, 0.717) is 25.5 Å². The number of rotatable bonds is 3. The molecule has 0 aliphatic carbocycles. The molecule has 1 aromatic carbocycles. The largest absolute Gasteiger partial charge is 0.339 e. The fourth-order valence-corrected chi connectivity index (χ4v) is 2.50. The van der Waals surface area contributed by atoms with Gasteiger partial charge in [-0.05, 0) is 23.8 Å². The van der Waals surface area contributed by atoms with Gasteiger partial charge in [0.15, 0.2) is 0 Å². The summed E-state index contributed by atoms with van der Waals surface area (Å²) in [5.74, 6) is 0.487. The number of aromatic nitrogens is 2. The third-order valence-electron chi connectivity index (χ3n) is 3.74. The molecule has 1 fully saturated rings. The topological polar surface area (TPSA) is 49.3 Å². The van der Waals surface area contributed by atoms with Crippen molar-refractivity contribution in [2.45, 2.75) is 6.42 Å². The highest BCUT2D eigenvalue weighted by Crippen LogP contribution is 2.11. The average molecular weight is 300 g/mol. The molecule has 5 nitrogen and oxygen atoms in total. The first-order chi connectivity index (χ1) is 10.7. The van der Waals surface area contributed by atoms with Crippen LogP contribution in [0.15, 0.2) is 42.7 Å². The van der Waals surface area contributed by atoms with Crippen molar-refractivity contribution in [1.29, 1.82) is 0 Å². The Bertz CT molecular complexity index is 624. The summed E-state index contributed by atoms with van der Waals surface area (Å²) in [5.41, 5.74) is 0.834. The molecular weight excluding hydrogens is 283 g/mol. The lowest BCUT2D eigenvalue weighted by Crippen LogP contribution is -2.49. The lowest BCUT2D eigenvalue weighted by Gasteiger charge is -2.34. The number of halogens is 1. The van der Waals surface area contributed by atoms with Crippen molar-refractivity contribution < 1.29 is 9.18 Å². The number of carbonyl (C=O) groups excluding carboxylic acids is 1. The van der Waals surface area contributed by atoms with Crippen molar-refractivity contribution in [2.24, 2.45) is 0 Å². The summed E-state index contributed by atoms with van der Waals surface area (Å²) in [6.45, 7) is 2.74. The maximum absolute atomic E-state index is 12.9. The summed E-state index contributed by atoms with van der Waals surface area (Å²) < 4.78 is 12.9. The van der Waals surface area contributed by atoms with Gasteiger partial charge in [0.1, 0.15) is 5.82 Å². The first-order valence-electron chi connectivity index (χ1n) is 7.26. The standard InChI is InChI=1S/C16H17FN4O/c17-14-4-2-13(3-5-14)12-15(22)20-8-10-21(11-9-20)16-18-6-1-7-19-16/h1-7H,8-12H2. The molecule has 2 heterocycles. The minimum absolute atomic E-state index is 0.0697. The summed E-state index contributed by atoms with van der Waals surface area (Å²) >= 11 is 0. The van der Waals surface area contributed by atoms with E-state index in [4.69, 9.17) is 0 Å². The van der Waals surface area contributed by atoms with Gasteiger partial charge in [-0.1, -0.05) is 12.1 Å². The second-order valence-corrected chi connectivity index (χ2v) is 5.22. The maximum atomic E-state index is 12.9. The average Bonchev–Trinajstić information content (AvgIpc) is 2.58. The lowest BCUT2D eigenvalue weighted by molar-refractivity contribution is -0.130. The molecular formula is C16H17FN4O. The van der Waals surface area contributed by atoms with Crippen LogP contribution >= 0.6 is 0 Å². The van der Waals surface area contributed by atoms with Gasteiger partial charge in [0.2, 0.25) is 11.9 Å². The Morgan fingerprint density at radius 2 is 1.68 bits per heavy atom. The highest BCUT2D eigenvalue weighted by Gasteiger charge is 2.22. The highest BCUT2D eigenvalue weighted by atomic mass is 19.1. The van der Waals surface area contributed by atoms with Crippen LogP contribution in [0.5, 0.6) is 0 Å². The van der Waals surface area contributed by atoms with Gasteiger partial charge in [0.05, 0.1) is 6.42 Å². The quantitative estimate of drug-likeness (QED) is 0.862. The van der Waals surface area contributed by atoms with Crippen molar-refractivity contribution >= 4 is 11.9 Å². The zero-order chi connectivity index (χ0) is 15.4. The molecule has 0 bridgehead atoms. The molecule has 0 unspecified atom stereocenters. The summed E-state index contributed by atoms with van der Waals surface area (Å²) in [4.78, 5) is 24.6. The van der Waals surface area contributed by atoms with Gasteiger partial charge in [-0.3, -0.25) is 4.79 Å². The molecule has 1 aromatic heterocycles. The van der Waals surface area contributed by atoms with Gasteiger partial charge in [-0.15, -0.1) is 0 Å². The lowest BCUT2D eigenvalue weighted by atomic mass is 10.1. The van der Waals surface area contributed by atoms with Gasteiger partial charge in [-0.25, -0.2) is 14.4 Å². The van der Waals surface area contributed by atoms with Crippen molar-refractivity contribution in [3.05, 3.63) is 54.1 Å². The zero-order valence-corrected chi connectivity index (χ0v) is 12.2. The molecule has 0 saturated carbocycles. The van der Waals surface area contributed by atoms with E-state index in [1.54, 1.807) is 30.6 Å². The molecule has 114 valence electrons. The van der Waals surface area contributed by atoms with E-state index >= 15 is 0 Å². The minimum atomic E-state index is -0.285. The molecule has 6 heteroatoms. The van der Waals surface area contributed by atoms with Crippen LogP contribution in [0.4, 0.5) is 10.3 Å². The highest BCUT2D eigenvalue weighted by molar-refractivity contribution is 5.79. The first kappa shape index (κ1) is 14.4. The molecule has 0 spiro atoms. The zero-order valence-electron chi connectivity index (χ0n) is 12.2. The third kappa shape index (κ3) is 3.39. The van der Waals surface area contributed by atoms with E-state index in [-0.39, 0.29) is 11.7 Å². The Kier molecular flexibility index (Phi) is 4.27. The number of piperazine rings is 1. The Balaban J connectivity index is 1.54. The van der Waals surface area contributed by atoms with Crippen LogP contribution in [-0.4, -0.2) is 47.0 Å². The molecule has 1 amide bonds. The Morgan fingerprint density at radius 1 is 1.05 bits per heavy atom. The predicted octanol–water partition coefficient (Wildman–Crippen LogP) is 1.51. The molecule has 0 radical (unpaired) electrons. The predicted molar refractivity (Wildman–Crippen MR) is 80.9 cm³/mol. The number of amides is 1. The van der Waals surface area contributed by atoms with Crippen molar-refractivity contribution in [3.63, 3.8) is 0 Å². The van der Waals surface area contributed by atoms with Gasteiger partial charge in [0.25, 0.3) is 0 Å². The van der Waals surface area contributed by atoms with E-state index in [1.807, 2.05) is 4.90 Å². The van der Waals surface area contributed by atoms with Gasteiger partial charge >= 0.3 is 0 Å². The van der Waals surface area contributed by atoms with Crippen LogP contribution in [-0.2, 0) is 11.2 Å². The SMILES string of the molecule is O=C(Cc1ccc(F)cc1)N1CCN(c2ncccn2)CC1. The molecule has 2 aromatic rings. The van der Waals surface area contributed by atoms with Gasteiger partial charge < -0.3 is 9.80 Å². The number of hydrogen-bond donors (Lipinski definition) is 0. The van der Waals surface area contributed by atoms with E-state index in [1.165, 1.54) is 12.1 Å². The van der Waals surface area contributed by atoms with E-state index in [0.717, 1.165) is 18.7 Å². The number of anilines is 1. The van der Waals surface area contributed by atoms with Crippen LogP contribution in [0.25, 0.3) is 0 Å². The van der Waals surface area contributed by atoms with Crippen LogP contribution in [0, 0.1) is 5.82 Å². The van der Waals surface area contributed by atoms with Crippen LogP contribution in [0.3, 0.4) is 0 Å². The Morgan fingerprint density at radius 3 is 2.32 bits per heavy atom. The fraction of sp³-hybridized carbons (Fsp3) is 0.312. The van der Waals surface area contributed by atoms with Gasteiger partial charge in [-0.2, -0.15) is 0 Å². The van der Waals surface area contributed by atoms with Crippen molar-refractivity contribution in [2.75, 3.05) is 31.1 Å². The second kappa shape index (κ2) is 6.51. The smallest absolute Gasteiger partial charge is 0.227 e. The monoisotopic (exact) mass is 300 g/mol. The normalized spacial score (nSPS) is 15.0. The first-order valence-corrected chi connectivity index (χ1v) is 7.26. The molecule has 1 aliphatic rings. The summed E-state index contributed by atoms with van der Waals surface area (Å²) in [7, 11) is 0. The Labute approximate surface area is 128 Å². The summed E-state index contributed by atoms with van der Waals surface area (Å²) in [6.07, 6.45) is 3.74. The maximum Gasteiger partial charge on any atom is 0.227 e. The van der Waals surface area contributed by atoms with E-state index in [2.05, 4.69) is 14.9 Å². The molecule has 22 heavy (non-hydrogen) atoms. The third-order valence-corrected chi connectivity index (χ3v) is 3.74. The number of carbonyl (C=O) groups is 1. The molecule has 1 saturated heterocycles. The van der Waals surface area contributed by atoms with Crippen LogP contribution in [0.1, 0.15) is 5.56 Å². The minimum Gasteiger partial charge on any atom is -0.339 e. The molecule has 3 rings (SSSR count). The molecule has 0 atom stereocenters. The number of nitrogens with zero attached hydrogens (tertiary/aromatic N) is 4. The van der Waals surface area contributed by atoms with Crippen molar-refractivity contribution in [3.8, 4) is 0 Å².